The summed E-state index contributed by atoms with van der Waals surface area (Å²) in [4.78, 5) is 0. The summed E-state index contributed by atoms with van der Waals surface area (Å²) in [7, 11) is 0. The summed E-state index contributed by atoms with van der Waals surface area (Å²) < 4.78 is 1.17. The molecule has 1 aromatic carbocycles. The Balaban J connectivity index is 2.50. The Morgan fingerprint density at radius 1 is 1.50 bits per heavy atom. The molecule has 0 spiro atoms. The molecule has 0 saturated carbocycles. The second-order valence-electron chi connectivity index (χ2n) is 4.66. The first-order valence-electron chi connectivity index (χ1n) is 5.04. The van der Waals surface area contributed by atoms with E-state index in [9.17, 15) is 0 Å². The molecular formula is C12H16BrN. The summed E-state index contributed by atoms with van der Waals surface area (Å²) in [6.45, 7) is 5.37. The zero-order valence-electron chi connectivity index (χ0n) is 8.68. The highest BCUT2D eigenvalue weighted by Crippen LogP contribution is 2.43. The maximum atomic E-state index is 5.82. The molecule has 14 heavy (non-hydrogen) atoms. The molecule has 1 aliphatic carbocycles. The first-order valence-corrected chi connectivity index (χ1v) is 5.84. The van der Waals surface area contributed by atoms with Crippen LogP contribution in [0.15, 0.2) is 22.7 Å². The van der Waals surface area contributed by atoms with Crippen molar-refractivity contribution in [3.05, 3.63) is 33.8 Å². The van der Waals surface area contributed by atoms with Crippen molar-refractivity contribution >= 4 is 15.9 Å². The average molecular weight is 254 g/mol. The Hall–Kier alpha value is -0.340. The van der Waals surface area contributed by atoms with Gasteiger partial charge in [-0.1, -0.05) is 35.8 Å². The van der Waals surface area contributed by atoms with Gasteiger partial charge in [0.1, 0.15) is 0 Å². The van der Waals surface area contributed by atoms with E-state index in [1.54, 1.807) is 0 Å². The maximum absolute atomic E-state index is 5.82. The van der Waals surface area contributed by atoms with Crippen LogP contribution in [0.5, 0.6) is 0 Å². The number of benzene rings is 1. The highest BCUT2D eigenvalue weighted by atomic mass is 79.9. The molecule has 1 atom stereocenters. The fraction of sp³-hybridized carbons (Fsp3) is 0.500. The predicted octanol–water partition coefficient (Wildman–Crippen LogP) is 2.86. The smallest absolute Gasteiger partial charge is 0.0178 e. The summed E-state index contributed by atoms with van der Waals surface area (Å²) in [6.07, 6.45) is 1.13. The van der Waals surface area contributed by atoms with Crippen molar-refractivity contribution in [2.24, 2.45) is 11.7 Å². The van der Waals surface area contributed by atoms with Crippen LogP contribution in [0.2, 0.25) is 0 Å². The summed E-state index contributed by atoms with van der Waals surface area (Å²) in [5.41, 5.74) is 8.97. The van der Waals surface area contributed by atoms with E-state index < -0.39 is 0 Å². The van der Waals surface area contributed by atoms with E-state index in [2.05, 4.69) is 48.0 Å². The van der Waals surface area contributed by atoms with Gasteiger partial charge in [-0.3, -0.25) is 0 Å². The molecule has 1 aliphatic rings. The largest absolute Gasteiger partial charge is 0.330 e. The molecule has 76 valence electrons. The highest BCUT2D eigenvalue weighted by Gasteiger charge is 2.38. The molecule has 2 rings (SSSR count). The lowest BCUT2D eigenvalue weighted by molar-refractivity contribution is 0.358. The van der Waals surface area contributed by atoms with Crippen LogP contribution in [-0.2, 0) is 11.8 Å². The molecule has 0 amide bonds. The fourth-order valence-corrected chi connectivity index (χ4v) is 2.81. The third-order valence-corrected chi connectivity index (χ3v) is 4.03. The van der Waals surface area contributed by atoms with E-state index in [-0.39, 0.29) is 5.41 Å². The van der Waals surface area contributed by atoms with Crippen molar-refractivity contribution in [2.45, 2.75) is 25.7 Å². The quantitative estimate of drug-likeness (QED) is 0.819. The molecule has 1 nitrogen and oxygen atoms in total. The van der Waals surface area contributed by atoms with Crippen LogP contribution in [-0.4, -0.2) is 6.54 Å². The van der Waals surface area contributed by atoms with Crippen LogP contribution in [0.1, 0.15) is 25.0 Å². The van der Waals surface area contributed by atoms with Gasteiger partial charge in [-0.15, -0.1) is 0 Å². The Morgan fingerprint density at radius 3 is 2.86 bits per heavy atom. The molecule has 0 aliphatic heterocycles. The zero-order valence-corrected chi connectivity index (χ0v) is 10.3. The first-order chi connectivity index (χ1) is 6.55. The third kappa shape index (κ3) is 1.41. The van der Waals surface area contributed by atoms with Gasteiger partial charge in [-0.2, -0.15) is 0 Å². The lowest BCUT2D eigenvalue weighted by Crippen LogP contribution is -2.30. The number of hydrogen-bond donors (Lipinski definition) is 1. The molecule has 0 saturated heterocycles. The van der Waals surface area contributed by atoms with Gasteiger partial charge in [0, 0.05) is 4.47 Å². The summed E-state index contributed by atoms with van der Waals surface area (Å²) >= 11 is 3.53. The first kappa shape index (κ1) is 10.2. The van der Waals surface area contributed by atoms with E-state index in [4.69, 9.17) is 5.73 Å². The Labute approximate surface area is 93.8 Å². The molecule has 0 bridgehead atoms. The molecule has 0 radical (unpaired) electrons. The number of halogens is 1. The van der Waals surface area contributed by atoms with E-state index in [0.717, 1.165) is 13.0 Å². The van der Waals surface area contributed by atoms with Crippen molar-refractivity contribution in [3.63, 3.8) is 0 Å². The van der Waals surface area contributed by atoms with Crippen LogP contribution in [0.3, 0.4) is 0 Å². The molecule has 1 aromatic rings. The number of rotatable bonds is 1. The lowest BCUT2D eigenvalue weighted by Gasteiger charge is -2.27. The van der Waals surface area contributed by atoms with Crippen molar-refractivity contribution in [1.29, 1.82) is 0 Å². The monoisotopic (exact) mass is 253 g/mol. The maximum Gasteiger partial charge on any atom is 0.0178 e. The molecule has 2 heteroatoms. The van der Waals surface area contributed by atoms with Gasteiger partial charge < -0.3 is 5.73 Å². The van der Waals surface area contributed by atoms with Crippen LogP contribution in [0, 0.1) is 5.92 Å². The lowest BCUT2D eigenvalue weighted by atomic mass is 9.79. The Morgan fingerprint density at radius 2 is 2.21 bits per heavy atom. The third-order valence-electron chi connectivity index (χ3n) is 3.54. The van der Waals surface area contributed by atoms with Crippen LogP contribution in [0.4, 0.5) is 0 Å². The standard InChI is InChI=1S/C12H16BrN/c1-12(2)9(7-14)5-8-3-4-10(13)6-11(8)12/h3-4,6,9H,5,7,14H2,1-2H3. The topological polar surface area (TPSA) is 26.0 Å². The van der Waals surface area contributed by atoms with Crippen LogP contribution >= 0.6 is 15.9 Å². The average Bonchev–Trinajstić information content (AvgIpc) is 2.38. The second kappa shape index (κ2) is 3.35. The van der Waals surface area contributed by atoms with Crippen LogP contribution < -0.4 is 5.73 Å². The predicted molar refractivity (Wildman–Crippen MR) is 63.4 cm³/mol. The Bertz CT molecular complexity index is 357. The van der Waals surface area contributed by atoms with Gasteiger partial charge >= 0.3 is 0 Å². The molecule has 0 heterocycles. The van der Waals surface area contributed by atoms with Crippen molar-refractivity contribution in [2.75, 3.05) is 6.54 Å². The van der Waals surface area contributed by atoms with E-state index in [1.165, 1.54) is 15.6 Å². The van der Waals surface area contributed by atoms with Crippen molar-refractivity contribution in [1.82, 2.24) is 0 Å². The molecule has 2 N–H and O–H groups in total. The minimum atomic E-state index is 0.230. The van der Waals surface area contributed by atoms with E-state index in [0.29, 0.717) is 5.92 Å². The zero-order chi connectivity index (χ0) is 10.3. The molecule has 0 aromatic heterocycles. The summed E-state index contributed by atoms with van der Waals surface area (Å²) in [6, 6.07) is 6.58. The Kier molecular flexibility index (Phi) is 2.44. The SMILES string of the molecule is CC1(C)c2cc(Br)ccc2CC1CN. The fourth-order valence-electron chi connectivity index (χ4n) is 2.44. The highest BCUT2D eigenvalue weighted by molar-refractivity contribution is 9.10. The number of hydrogen-bond acceptors (Lipinski definition) is 1. The molecular weight excluding hydrogens is 238 g/mol. The molecule has 0 fully saturated rings. The van der Waals surface area contributed by atoms with Gasteiger partial charge in [-0.25, -0.2) is 0 Å². The minimum absolute atomic E-state index is 0.230. The van der Waals surface area contributed by atoms with Crippen LogP contribution in [0.25, 0.3) is 0 Å². The molecule has 1 unspecified atom stereocenters. The second-order valence-corrected chi connectivity index (χ2v) is 5.58. The minimum Gasteiger partial charge on any atom is -0.330 e. The normalized spacial score (nSPS) is 23.6. The van der Waals surface area contributed by atoms with Gasteiger partial charge in [0.2, 0.25) is 0 Å². The van der Waals surface area contributed by atoms with Gasteiger partial charge in [0.05, 0.1) is 0 Å². The van der Waals surface area contributed by atoms with Gasteiger partial charge in [0.15, 0.2) is 0 Å². The van der Waals surface area contributed by atoms with E-state index >= 15 is 0 Å². The van der Waals surface area contributed by atoms with Gasteiger partial charge in [-0.05, 0) is 47.6 Å². The summed E-state index contributed by atoms with van der Waals surface area (Å²) in [5.74, 6) is 0.590. The van der Waals surface area contributed by atoms with E-state index in [1.807, 2.05) is 0 Å². The van der Waals surface area contributed by atoms with Gasteiger partial charge in [0.25, 0.3) is 0 Å². The van der Waals surface area contributed by atoms with Crippen molar-refractivity contribution in [3.8, 4) is 0 Å². The number of nitrogens with two attached hydrogens (primary N) is 1. The van der Waals surface area contributed by atoms with Crippen molar-refractivity contribution < 1.29 is 0 Å². The summed E-state index contributed by atoms with van der Waals surface area (Å²) in [5, 5.41) is 0. The number of fused-ring (bicyclic) bond motifs is 1.